The Morgan fingerprint density at radius 3 is 2.75 bits per heavy atom. The molecule has 3 fully saturated rings. The minimum atomic E-state index is -0.772. The SMILES string of the molecule is C=CCCCOC(=O)[C@@H]1[C@H]2C(=O)N(CCCO)C(C(=O)N(CC=C)c3ccccc3Cl)C23CC[C@H]1S3. The van der Waals surface area contributed by atoms with Gasteiger partial charge in [-0.15, -0.1) is 24.9 Å². The second-order valence-electron chi connectivity index (χ2n) is 9.45. The van der Waals surface area contributed by atoms with Gasteiger partial charge >= 0.3 is 5.97 Å². The number of anilines is 1. The van der Waals surface area contributed by atoms with Crippen molar-refractivity contribution in [1.29, 1.82) is 0 Å². The van der Waals surface area contributed by atoms with Crippen molar-refractivity contribution in [3.05, 3.63) is 54.6 Å². The van der Waals surface area contributed by atoms with Crippen LogP contribution in [0.4, 0.5) is 5.69 Å². The number of ether oxygens (including phenoxy) is 1. The molecular weight excluding hydrogens is 500 g/mol. The second-order valence-corrected chi connectivity index (χ2v) is 11.5. The van der Waals surface area contributed by atoms with E-state index < -0.39 is 22.6 Å². The van der Waals surface area contributed by atoms with E-state index in [-0.39, 0.29) is 49.3 Å². The van der Waals surface area contributed by atoms with E-state index in [4.69, 9.17) is 16.3 Å². The zero-order valence-corrected chi connectivity index (χ0v) is 21.9. The first-order chi connectivity index (χ1) is 17.4. The standard InChI is InChI=1S/C27H33ClN2O5S/c1-3-5-8-17-35-26(34)21-20-12-13-27(36-20)22(21)24(32)30(15-9-16-31)23(27)25(33)29(14-4-2)19-11-7-6-10-18(19)28/h3-4,6-7,10-11,20-23,31H,1-2,5,8-9,12-17H2/t20-,21+,22+,23?,27?/m1/s1. The molecule has 3 aliphatic rings. The summed E-state index contributed by atoms with van der Waals surface area (Å²) < 4.78 is 4.86. The number of thioether (sulfide) groups is 1. The molecule has 1 N–H and O–H groups in total. The highest BCUT2D eigenvalue weighted by atomic mass is 35.5. The van der Waals surface area contributed by atoms with Crippen LogP contribution in [0.15, 0.2) is 49.6 Å². The quantitative estimate of drug-likeness (QED) is 0.250. The molecule has 2 amide bonds. The summed E-state index contributed by atoms with van der Waals surface area (Å²) in [7, 11) is 0. The molecule has 1 spiro atoms. The lowest BCUT2D eigenvalue weighted by molar-refractivity contribution is -0.154. The van der Waals surface area contributed by atoms with Crippen LogP contribution in [0.2, 0.25) is 5.02 Å². The number of allylic oxidation sites excluding steroid dienone is 1. The van der Waals surface area contributed by atoms with Gasteiger partial charge in [0.05, 0.1) is 33.9 Å². The van der Waals surface area contributed by atoms with Gasteiger partial charge in [0.1, 0.15) is 6.04 Å². The maximum absolute atomic E-state index is 14.3. The molecule has 3 aliphatic heterocycles. The number of para-hydroxylation sites is 1. The minimum absolute atomic E-state index is 0.0608. The van der Waals surface area contributed by atoms with Gasteiger partial charge in [-0.05, 0) is 44.2 Å². The van der Waals surface area contributed by atoms with Gasteiger partial charge in [-0.25, -0.2) is 0 Å². The van der Waals surface area contributed by atoms with Crippen LogP contribution < -0.4 is 4.90 Å². The maximum atomic E-state index is 14.3. The number of amides is 2. The molecule has 1 aromatic carbocycles. The van der Waals surface area contributed by atoms with Crippen LogP contribution in [0.25, 0.3) is 0 Å². The third-order valence-electron chi connectivity index (χ3n) is 7.38. The van der Waals surface area contributed by atoms with Gasteiger partial charge in [0.15, 0.2) is 0 Å². The van der Waals surface area contributed by atoms with Crippen LogP contribution in [-0.2, 0) is 19.1 Å². The average molecular weight is 533 g/mol. The molecular formula is C27H33ClN2O5S. The van der Waals surface area contributed by atoms with Crippen LogP contribution in [0.5, 0.6) is 0 Å². The summed E-state index contributed by atoms with van der Waals surface area (Å²) in [4.78, 5) is 44.5. The Morgan fingerprint density at radius 2 is 2.06 bits per heavy atom. The minimum Gasteiger partial charge on any atom is -0.465 e. The Hall–Kier alpha value is -2.29. The summed E-state index contributed by atoms with van der Waals surface area (Å²) in [5, 5.41) is 9.88. The van der Waals surface area contributed by atoms with E-state index in [1.165, 1.54) is 0 Å². The van der Waals surface area contributed by atoms with Gasteiger partial charge in [-0.3, -0.25) is 14.4 Å². The molecule has 2 unspecified atom stereocenters. The molecule has 3 saturated heterocycles. The fourth-order valence-corrected chi connectivity index (χ4v) is 8.37. The van der Waals surface area contributed by atoms with E-state index in [0.717, 1.165) is 12.8 Å². The summed E-state index contributed by atoms with van der Waals surface area (Å²) in [5.41, 5.74) is 0.550. The Balaban J connectivity index is 1.69. The van der Waals surface area contributed by atoms with E-state index in [1.807, 2.05) is 6.07 Å². The first-order valence-corrected chi connectivity index (χ1v) is 13.7. The van der Waals surface area contributed by atoms with E-state index in [9.17, 15) is 19.5 Å². The van der Waals surface area contributed by atoms with Gasteiger partial charge in [0.25, 0.3) is 5.91 Å². The van der Waals surface area contributed by atoms with Crippen molar-refractivity contribution < 1.29 is 24.2 Å². The number of halogens is 1. The highest BCUT2D eigenvalue weighted by molar-refractivity contribution is 8.02. The highest BCUT2D eigenvalue weighted by Gasteiger charge is 2.74. The van der Waals surface area contributed by atoms with Crippen LogP contribution in [0, 0.1) is 11.8 Å². The molecule has 36 heavy (non-hydrogen) atoms. The Morgan fingerprint density at radius 1 is 1.28 bits per heavy atom. The molecule has 4 rings (SSSR count). The maximum Gasteiger partial charge on any atom is 0.310 e. The van der Waals surface area contributed by atoms with Crippen molar-refractivity contribution in [1.82, 2.24) is 4.90 Å². The summed E-state index contributed by atoms with van der Waals surface area (Å²) in [6.45, 7) is 8.14. The second kappa shape index (κ2) is 11.4. The number of unbranched alkanes of at least 4 members (excludes halogenated alkanes) is 1. The van der Waals surface area contributed by atoms with Gasteiger partial charge in [0.2, 0.25) is 5.91 Å². The number of hydrogen-bond donors (Lipinski definition) is 1. The topological polar surface area (TPSA) is 87.1 Å². The largest absolute Gasteiger partial charge is 0.465 e. The number of aliphatic hydroxyl groups is 1. The Labute approximate surface area is 221 Å². The zero-order valence-electron chi connectivity index (χ0n) is 20.3. The van der Waals surface area contributed by atoms with E-state index in [0.29, 0.717) is 30.0 Å². The van der Waals surface area contributed by atoms with Crippen LogP contribution >= 0.6 is 23.4 Å². The molecule has 1 aromatic rings. The molecule has 194 valence electrons. The Kier molecular flexibility index (Phi) is 8.48. The number of esters is 1. The normalized spacial score (nSPS) is 28.2. The lowest BCUT2D eigenvalue weighted by atomic mass is 9.71. The highest BCUT2D eigenvalue weighted by Crippen LogP contribution is 2.66. The summed E-state index contributed by atoms with van der Waals surface area (Å²) in [6, 6.07) is 6.33. The van der Waals surface area contributed by atoms with Gasteiger partial charge < -0.3 is 19.6 Å². The average Bonchev–Trinajstić information content (AvgIpc) is 3.51. The molecule has 0 radical (unpaired) electrons. The molecule has 9 heteroatoms. The number of aliphatic hydroxyl groups excluding tert-OH is 1. The number of rotatable bonds is 12. The van der Waals surface area contributed by atoms with Crippen LogP contribution in [0.3, 0.4) is 0 Å². The van der Waals surface area contributed by atoms with Crippen LogP contribution in [-0.4, -0.2) is 70.1 Å². The number of nitrogens with zero attached hydrogens (tertiary/aromatic N) is 2. The van der Waals surface area contributed by atoms with Crippen molar-refractivity contribution in [3.8, 4) is 0 Å². The van der Waals surface area contributed by atoms with E-state index in [2.05, 4.69) is 13.2 Å². The third kappa shape index (κ3) is 4.59. The van der Waals surface area contributed by atoms with Crippen LogP contribution in [0.1, 0.15) is 32.1 Å². The molecule has 0 aromatic heterocycles. The fourth-order valence-electron chi connectivity index (χ4n) is 5.93. The molecule has 3 heterocycles. The molecule has 0 saturated carbocycles. The number of benzene rings is 1. The summed E-state index contributed by atoms with van der Waals surface area (Å²) in [5.74, 6) is -2.02. The summed E-state index contributed by atoms with van der Waals surface area (Å²) in [6.07, 6.45) is 6.59. The zero-order chi connectivity index (χ0) is 25.9. The predicted molar refractivity (Wildman–Crippen MR) is 142 cm³/mol. The Bertz CT molecular complexity index is 1040. The van der Waals surface area contributed by atoms with Gasteiger partial charge in [-0.2, -0.15) is 0 Å². The number of fused-ring (bicyclic) bond motifs is 1. The smallest absolute Gasteiger partial charge is 0.310 e. The van der Waals surface area contributed by atoms with Crippen molar-refractivity contribution >= 4 is 46.8 Å². The first kappa shape index (κ1) is 26.8. The third-order valence-corrected chi connectivity index (χ3v) is 9.65. The first-order valence-electron chi connectivity index (χ1n) is 12.4. The molecule has 0 aliphatic carbocycles. The lowest BCUT2D eigenvalue weighted by Gasteiger charge is -2.37. The molecule has 7 nitrogen and oxygen atoms in total. The summed E-state index contributed by atoms with van der Waals surface area (Å²) >= 11 is 8.06. The predicted octanol–water partition coefficient (Wildman–Crippen LogP) is 3.84. The van der Waals surface area contributed by atoms with Crippen molar-refractivity contribution in [2.45, 2.75) is 48.1 Å². The van der Waals surface area contributed by atoms with E-state index in [1.54, 1.807) is 51.9 Å². The van der Waals surface area contributed by atoms with Crippen molar-refractivity contribution in [2.24, 2.45) is 11.8 Å². The van der Waals surface area contributed by atoms with Gasteiger partial charge in [0, 0.05) is 24.9 Å². The monoisotopic (exact) mass is 532 g/mol. The molecule has 5 atom stereocenters. The number of likely N-dealkylation sites (tertiary alicyclic amines) is 1. The number of hydrogen-bond acceptors (Lipinski definition) is 6. The lowest BCUT2D eigenvalue weighted by Crippen LogP contribution is -2.55. The van der Waals surface area contributed by atoms with E-state index >= 15 is 0 Å². The number of carbonyl (C=O) groups excluding carboxylic acids is 3. The van der Waals surface area contributed by atoms with Crippen molar-refractivity contribution in [2.75, 3.05) is 31.2 Å². The number of carbonyl (C=O) groups is 3. The van der Waals surface area contributed by atoms with Gasteiger partial charge in [-0.1, -0.05) is 35.9 Å². The fraction of sp³-hybridized carbons (Fsp3) is 0.519. The van der Waals surface area contributed by atoms with Crippen molar-refractivity contribution in [3.63, 3.8) is 0 Å². The molecule has 2 bridgehead atoms.